The Kier molecular flexibility index (Phi) is 7.15. The Morgan fingerprint density at radius 3 is 2.04 bits per heavy atom. The maximum atomic E-state index is 11.8. The molecule has 0 spiro atoms. The Labute approximate surface area is 161 Å². The van der Waals surface area contributed by atoms with Crippen LogP contribution in [0, 0.1) is 0 Å². The van der Waals surface area contributed by atoms with Crippen LogP contribution in [-0.2, 0) is 14.3 Å². The summed E-state index contributed by atoms with van der Waals surface area (Å²) in [4.78, 5) is 35.2. The van der Waals surface area contributed by atoms with Crippen LogP contribution in [-0.4, -0.2) is 30.9 Å². The normalized spacial score (nSPS) is 10.0. The standard InChI is InChI=1S/C17H14Br2N2O4/c18-12-3-1-11(2-4-12)17(24)20-9-16(23)25-10-15(22)21-14-7-5-13(19)6-8-14/h1-8H,9-10H2,(H,20,24)(H,21,22). The van der Waals surface area contributed by atoms with Crippen LogP contribution in [0.2, 0.25) is 0 Å². The number of benzene rings is 2. The number of halogens is 2. The molecule has 0 saturated carbocycles. The minimum absolute atomic E-state index is 0.319. The highest BCUT2D eigenvalue weighted by atomic mass is 79.9. The minimum atomic E-state index is -0.698. The average Bonchev–Trinajstić information content (AvgIpc) is 2.60. The summed E-state index contributed by atoms with van der Waals surface area (Å²) in [6.45, 7) is -0.747. The summed E-state index contributed by atoms with van der Waals surface area (Å²) < 4.78 is 6.56. The third kappa shape index (κ3) is 6.67. The number of esters is 1. The third-order valence-corrected chi connectivity index (χ3v) is 4.05. The van der Waals surface area contributed by atoms with Gasteiger partial charge in [-0.25, -0.2) is 0 Å². The molecule has 0 aromatic heterocycles. The molecule has 2 aromatic carbocycles. The van der Waals surface area contributed by atoms with Crippen LogP contribution in [0.3, 0.4) is 0 Å². The van der Waals surface area contributed by atoms with E-state index in [2.05, 4.69) is 42.5 Å². The molecule has 2 amide bonds. The molecule has 8 heteroatoms. The van der Waals surface area contributed by atoms with Gasteiger partial charge in [-0.1, -0.05) is 31.9 Å². The first-order valence-electron chi connectivity index (χ1n) is 7.19. The molecule has 6 nitrogen and oxygen atoms in total. The van der Waals surface area contributed by atoms with Crippen molar-refractivity contribution in [1.82, 2.24) is 5.32 Å². The molecule has 0 fully saturated rings. The van der Waals surface area contributed by atoms with Crippen LogP contribution in [0.15, 0.2) is 57.5 Å². The number of nitrogens with one attached hydrogen (secondary N) is 2. The zero-order valence-corrected chi connectivity index (χ0v) is 16.1. The second-order valence-electron chi connectivity index (χ2n) is 4.91. The number of hydrogen-bond acceptors (Lipinski definition) is 4. The highest BCUT2D eigenvalue weighted by Gasteiger charge is 2.11. The van der Waals surface area contributed by atoms with Crippen LogP contribution in [0.1, 0.15) is 10.4 Å². The number of hydrogen-bond donors (Lipinski definition) is 2. The molecule has 0 aliphatic heterocycles. The molecule has 2 N–H and O–H groups in total. The van der Waals surface area contributed by atoms with E-state index >= 15 is 0 Å². The average molecular weight is 470 g/mol. The van der Waals surface area contributed by atoms with Gasteiger partial charge in [0.2, 0.25) is 0 Å². The molecule has 0 aliphatic rings. The summed E-state index contributed by atoms with van der Waals surface area (Å²) in [7, 11) is 0. The highest BCUT2D eigenvalue weighted by molar-refractivity contribution is 9.10. The molecule has 0 heterocycles. The van der Waals surface area contributed by atoms with E-state index in [-0.39, 0.29) is 6.54 Å². The van der Waals surface area contributed by atoms with Crippen molar-refractivity contribution in [1.29, 1.82) is 0 Å². The molecule has 25 heavy (non-hydrogen) atoms. The zero-order valence-electron chi connectivity index (χ0n) is 12.9. The van der Waals surface area contributed by atoms with Crippen LogP contribution in [0.4, 0.5) is 5.69 Å². The second-order valence-corrected chi connectivity index (χ2v) is 6.74. The van der Waals surface area contributed by atoms with E-state index in [1.165, 1.54) is 0 Å². The largest absolute Gasteiger partial charge is 0.454 e. The van der Waals surface area contributed by atoms with Gasteiger partial charge in [0.25, 0.3) is 11.8 Å². The van der Waals surface area contributed by atoms with Gasteiger partial charge in [0, 0.05) is 20.2 Å². The van der Waals surface area contributed by atoms with Gasteiger partial charge in [0.1, 0.15) is 6.54 Å². The predicted octanol–water partition coefficient (Wildman–Crippen LogP) is 3.12. The molecule has 0 unspecified atom stereocenters. The van der Waals surface area contributed by atoms with E-state index < -0.39 is 24.4 Å². The molecular weight excluding hydrogens is 456 g/mol. The van der Waals surface area contributed by atoms with Crippen LogP contribution in [0.5, 0.6) is 0 Å². The molecule has 0 atom stereocenters. The lowest BCUT2D eigenvalue weighted by Crippen LogP contribution is -2.32. The van der Waals surface area contributed by atoms with Crippen molar-refractivity contribution in [2.45, 2.75) is 0 Å². The van der Waals surface area contributed by atoms with E-state index in [4.69, 9.17) is 4.74 Å². The molecule has 2 aromatic rings. The Bertz CT molecular complexity index is 761. The number of carbonyl (C=O) groups is 3. The van der Waals surface area contributed by atoms with Crippen LogP contribution < -0.4 is 10.6 Å². The van der Waals surface area contributed by atoms with E-state index in [1.54, 1.807) is 48.5 Å². The molecule has 2 rings (SSSR count). The number of rotatable bonds is 6. The van der Waals surface area contributed by atoms with Gasteiger partial charge >= 0.3 is 5.97 Å². The first-order valence-corrected chi connectivity index (χ1v) is 8.77. The fraction of sp³-hybridized carbons (Fsp3) is 0.118. The van der Waals surface area contributed by atoms with Crippen LogP contribution >= 0.6 is 31.9 Å². The third-order valence-electron chi connectivity index (χ3n) is 2.99. The topological polar surface area (TPSA) is 84.5 Å². The van der Waals surface area contributed by atoms with Crippen LogP contribution in [0.25, 0.3) is 0 Å². The van der Waals surface area contributed by atoms with Gasteiger partial charge < -0.3 is 15.4 Å². The quantitative estimate of drug-likeness (QED) is 0.636. The second kappa shape index (κ2) is 9.33. The zero-order chi connectivity index (χ0) is 18.2. The molecular formula is C17H14Br2N2O4. The number of carbonyl (C=O) groups excluding carboxylic acids is 3. The maximum absolute atomic E-state index is 11.8. The lowest BCUT2D eigenvalue weighted by Gasteiger charge is -2.08. The van der Waals surface area contributed by atoms with E-state index in [0.717, 1.165) is 8.95 Å². The Balaban J connectivity index is 1.71. The lowest BCUT2D eigenvalue weighted by molar-refractivity contribution is -0.146. The van der Waals surface area contributed by atoms with Gasteiger partial charge in [-0.3, -0.25) is 14.4 Å². The first-order chi connectivity index (χ1) is 11.9. The highest BCUT2D eigenvalue weighted by Crippen LogP contribution is 2.14. The minimum Gasteiger partial charge on any atom is -0.454 e. The number of anilines is 1. The van der Waals surface area contributed by atoms with Crippen molar-refractivity contribution in [3.63, 3.8) is 0 Å². The molecule has 0 radical (unpaired) electrons. The number of ether oxygens (including phenoxy) is 1. The van der Waals surface area contributed by atoms with Crippen molar-refractivity contribution in [3.8, 4) is 0 Å². The summed E-state index contributed by atoms with van der Waals surface area (Å²) in [5.41, 5.74) is 1.01. The van der Waals surface area contributed by atoms with Crippen molar-refractivity contribution in [3.05, 3.63) is 63.0 Å². The number of amides is 2. The van der Waals surface area contributed by atoms with Crippen molar-refractivity contribution < 1.29 is 19.1 Å². The van der Waals surface area contributed by atoms with Crippen molar-refractivity contribution in [2.24, 2.45) is 0 Å². The molecule has 130 valence electrons. The Morgan fingerprint density at radius 2 is 1.44 bits per heavy atom. The Morgan fingerprint density at radius 1 is 0.880 bits per heavy atom. The smallest absolute Gasteiger partial charge is 0.325 e. The van der Waals surface area contributed by atoms with E-state index in [1.807, 2.05) is 0 Å². The molecule has 0 aliphatic carbocycles. The van der Waals surface area contributed by atoms with Gasteiger partial charge in [0.15, 0.2) is 6.61 Å². The summed E-state index contributed by atoms with van der Waals surface area (Å²) >= 11 is 6.56. The summed E-state index contributed by atoms with van der Waals surface area (Å²) in [6, 6.07) is 13.7. The van der Waals surface area contributed by atoms with Gasteiger partial charge in [-0.2, -0.15) is 0 Å². The summed E-state index contributed by atoms with van der Waals surface area (Å²) in [6.07, 6.45) is 0. The van der Waals surface area contributed by atoms with Crippen molar-refractivity contribution in [2.75, 3.05) is 18.5 Å². The molecule has 0 saturated heterocycles. The fourth-order valence-corrected chi connectivity index (χ4v) is 2.31. The van der Waals surface area contributed by atoms with E-state index in [0.29, 0.717) is 11.3 Å². The van der Waals surface area contributed by atoms with Gasteiger partial charge in [0.05, 0.1) is 0 Å². The first kappa shape index (κ1) is 19.1. The SMILES string of the molecule is O=C(COC(=O)CNC(=O)c1ccc(Br)cc1)Nc1ccc(Br)cc1. The monoisotopic (exact) mass is 468 g/mol. The van der Waals surface area contributed by atoms with Crippen molar-refractivity contribution >= 4 is 55.3 Å². The Hall–Kier alpha value is -2.19. The summed E-state index contributed by atoms with van der Waals surface area (Å²) in [5.74, 6) is -1.56. The van der Waals surface area contributed by atoms with Gasteiger partial charge in [-0.15, -0.1) is 0 Å². The van der Waals surface area contributed by atoms with E-state index in [9.17, 15) is 14.4 Å². The van der Waals surface area contributed by atoms with Gasteiger partial charge in [-0.05, 0) is 48.5 Å². The predicted molar refractivity (Wildman–Crippen MR) is 100 cm³/mol. The summed E-state index contributed by atoms with van der Waals surface area (Å²) in [5, 5.41) is 5.02. The fourth-order valence-electron chi connectivity index (χ4n) is 1.78. The maximum Gasteiger partial charge on any atom is 0.325 e. The molecule has 0 bridgehead atoms. The lowest BCUT2D eigenvalue weighted by atomic mass is 10.2.